The molecule has 2 fully saturated rings. The average Bonchev–Trinajstić information content (AvgIpc) is 3.35. The second-order valence-corrected chi connectivity index (χ2v) is 9.85. The molecule has 0 bridgehead atoms. The molecule has 1 atom stereocenters. The third-order valence-corrected chi connectivity index (χ3v) is 7.24. The predicted octanol–water partition coefficient (Wildman–Crippen LogP) is 4.14. The highest BCUT2D eigenvalue weighted by Gasteiger charge is 2.43. The van der Waals surface area contributed by atoms with E-state index in [9.17, 15) is 4.79 Å². The monoisotopic (exact) mass is 456 g/mol. The SMILES string of the molecule is Cc1cccc(Cc2cncc([C@@H]3CCCN3C(=O)C3(C)CCN(c4ncccn4)CC3)n2)c1. The van der Waals surface area contributed by atoms with Gasteiger partial charge in [-0.25, -0.2) is 9.97 Å². The lowest BCUT2D eigenvalue weighted by Crippen LogP contribution is -2.49. The van der Waals surface area contributed by atoms with Crippen LogP contribution in [0.5, 0.6) is 0 Å². The third kappa shape index (κ3) is 4.65. The largest absolute Gasteiger partial charge is 0.341 e. The van der Waals surface area contributed by atoms with E-state index in [4.69, 9.17) is 4.98 Å². The number of hydrogen-bond acceptors (Lipinski definition) is 6. The van der Waals surface area contributed by atoms with E-state index in [0.717, 1.165) is 69.1 Å². The van der Waals surface area contributed by atoms with Gasteiger partial charge >= 0.3 is 0 Å². The van der Waals surface area contributed by atoms with Gasteiger partial charge in [0, 0.05) is 50.1 Å². The number of piperidine rings is 1. The van der Waals surface area contributed by atoms with Crippen molar-refractivity contribution in [3.8, 4) is 0 Å². The van der Waals surface area contributed by atoms with Crippen LogP contribution in [0.15, 0.2) is 55.1 Å². The van der Waals surface area contributed by atoms with Gasteiger partial charge in [-0.1, -0.05) is 36.8 Å². The van der Waals surface area contributed by atoms with E-state index in [1.165, 1.54) is 11.1 Å². The van der Waals surface area contributed by atoms with E-state index in [1.54, 1.807) is 12.4 Å². The summed E-state index contributed by atoms with van der Waals surface area (Å²) in [6, 6.07) is 10.3. The number of aromatic nitrogens is 4. The van der Waals surface area contributed by atoms with E-state index in [0.29, 0.717) is 0 Å². The van der Waals surface area contributed by atoms with Crippen molar-refractivity contribution in [3.05, 3.63) is 77.6 Å². The Morgan fingerprint density at radius 1 is 1.09 bits per heavy atom. The Morgan fingerprint density at radius 2 is 1.88 bits per heavy atom. The molecule has 2 saturated heterocycles. The first kappa shape index (κ1) is 22.4. The fourth-order valence-electron chi connectivity index (χ4n) is 5.23. The Balaban J connectivity index is 1.29. The fourth-order valence-corrected chi connectivity index (χ4v) is 5.23. The first-order valence-electron chi connectivity index (χ1n) is 12.2. The molecule has 2 aromatic heterocycles. The second-order valence-electron chi connectivity index (χ2n) is 9.85. The number of aryl methyl sites for hydroxylation is 1. The van der Waals surface area contributed by atoms with Gasteiger partial charge in [-0.2, -0.15) is 0 Å². The lowest BCUT2D eigenvalue weighted by atomic mass is 9.79. The van der Waals surface area contributed by atoms with Gasteiger partial charge in [0.2, 0.25) is 11.9 Å². The summed E-state index contributed by atoms with van der Waals surface area (Å²) in [5.41, 5.74) is 3.96. The smallest absolute Gasteiger partial charge is 0.229 e. The van der Waals surface area contributed by atoms with Crippen LogP contribution in [0.2, 0.25) is 0 Å². The lowest BCUT2D eigenvalue weighted by Gasteiger charge is -2.41. The van der Waals surface area contributed by atoms with Crippen molar-refractivity contribution in [3.63, 3.8) is 0 Å². The predicted molar refractivity (Wildman–Crippen MR) is 131 cm³/mol. The molecule has 0 spiro atoms. The molecule has 7 nitrogen and oxygen atoms in total. The molecular formula is C27H32N6O. The summed E-state index contributed by atoms with van der Waals surface area (Å²) in [7, 11) is 0. The van der Waals surface area contributed by atoms with Crippen LogP contribution in [0.4, 0.5) is 5.95 Å². The standard InChI is InChI=1S/C27H32N6O/c1-20-6-3-7-21(16-20)17-22-18-28-19-23(31-22)24-8-4-13-33(24)25(34)27(2)9-14-32(15-10-27)26-29-11-5-12-30-26/h3,5-7,11-12,16,18-19,24H,4,8-10,13-15,17H2,1-2H3/t24-/m0/s1. The summed E-state index contributed by atoms with van der Waals surface area (Å²) in [5.74, 6) is 0.992. The molecule has 1 amide bonds. The highest BCUT2D eigenvalue weighted by Crippen LogP contribution is 2.39. The number of nitrogens with zero attached hydrogens (tertiary/aromatic N) is 6. The summed E-state index contributed by atoms with van der Waals surface area (Å²) in [4.78, 5) is 36.2. The molecule has 0 unspecified atom stereocenters. The van der Waals surface area contributed by atoms with Gasteiger partial charge in [0.1, 0.15) is 0 Å². The molecule has 3 aromatic rings. The van der Waals surface area contributed by atoms with E-state index in [2.05, 4.69) is 62.9 Å². The van der Waals surface area contributed by atoms with Crippen LogP contribution >= 0.6 is 0 Å². The van der Waals surface area contributed by atoms with E-state index >= 15 is 0 Å². The fraction of sp³-hybridized carbons (Fsp3) is 0.444. The van der Waals surface area contributed by atoms with Gasteiger partial charge in [-0.05, 0) is 44.2 Å². The van der Waals surface area contributed by atoms with Crippen molar-refractivity contribution in [2.75, 3.05) is 24.5 Å². The Labute approximate surface area is 201 Å². The van der Waals surface area contributed by atoms with Crippen LogP contribution in [0.1, 0.15) is 61.2 Å². The number of carbonyl (C=O) groups is 1. The Hall–Kier alpha value is -3.35. The minimum absolute atomic E-state index is 0.00442. The van der Waals surface area contributed by atoms with Crippen LogP contribution in [-0.4, -0.2) is 50.4 Å². The molecule has 0 aliphatic carbocycles. The Bertz CT molecular complexity index is 1140. The molecule has 0 saturated carbocycles. The average molecular weight is 457 g/mol. The zero-order valence-electron chi connectivity index (χ0n) is 20.0. The Kier molecular flexibility index (Phi) is 6.26. The molecule has 176 valence electrons. The Morgan fingerprint density at radius 3 is 2.65 bits per heavy atom. The second kappa shape index (κ2) is 9.49. The normalized spacial score (nSPS) is 19.9. The summed E-state index contributed by atoms with van der Waals surface area (Å²) >= 11 is 0. The molecule has 4 heterocycles. The van der Waals surface area contributed by atoms with Crippen molar-refractivity contribution >= 4 is 11.9 Å². The van der Waals surface area contributed by atoms with Gasteiger partial charge in [-0.15, -0.1) is 0 Å². The maximum atomic E-state index is 13.8. The quantitative estimate of drug-likeness (QED) is 0.575. The molecule has 7 heteroatoms. The third-order valence-electron chi connectivity index (χ3n) is 7.24. The van der Waals surface area contributed by atoms with Crippen molar-refractivity contribution < 1.29 is 4.79 Å². The minimum atomic E-state index is -0.375. The van der Waals surface area contributed by atoms with E-state index < -0.39 is 0 Å². The van der Waals surface area contributed by atoms with Gasteiger partial charge in [0.15, 0.2) is 0 Å². The topological polar surface area (TPSA) is 75.1 Å². The highest BCUT2D eigenvalue weighted by molar-refractivity contribution is 5.83. The molecule has 34 heavy (non-hydrogen) atoms. The van der Waals surface area contributed by atoms with Gasteiger partial charge in [0.05, 0.1) is 23.6 Å². The zero-order valence-corrected chi connectivity index (χ0v) is 20.0. The molecule has 0 N–H and O–H groups in total. The van der Waals surface area contributed by atoms with E-state index in [1.807, 2.05) is 18.5 Å². The minimum Gasteiger partial charge on any atom is -0.341 e. The number of likely N-dealkylation sites (tertiary alicyclic amines) is 1. The number of carbonyl (C=O) groups excluding carboxylic acids is 1. The molecule has 2 aliphatic rings. The molecular weight excluding hydrogens is 424 g/mol. The number of amides is 1. The maximum Gasteiger partial charge on any atom is 0.229 e. The maximum absolute atomic E-state index is 13.8. The summed E-state index contributed by atoms with van der Waals surface area (Å²) in [6.07, 6.45) is 11.5. The van der Waals surface area contributed by atoms with Gasteiger partial charge < -0.3 is 9.80 Å². The first-order valence-corrected chi connectivity index (χ1v) is 12.2. The summed E-state index contributed by atoms with van der Waals surface area (Å²) < 4.78 is 0. The van der Waals surface area contributed by atoms with Crippen molar-refractivity contribution in [2.45, 2.75) is 52.0 Å². The first-order chi connectivity index (χ1) is 16.5. The number of benzene rings is 1. The zero-order chi connectivity index (χ0) is 23.5. The van der Waals surface area contributed by atoms with Crippen molar-refractivity contribution in [2.24, 2.45) is 5.41 Å². The van der Waals surface area contributed by atoms with Crippen LogP contribution < -0.4 is 4.90 Å². The molecule has 1 aromatic carbocycles. The molecule has 5 rings (SSSR count). The highest BCUT2D eigenvalue weighted by atomic mass is 16.2. The van der Waals surface area contributed by atoms with Gasteiger partial charge in [-0.3, -0.25) is 14.8 Å². The number of rotatable bonds is 5. The molecule has 0 radical (unpaired) electrons. The van der Waals surface area contributed by atoms with Crippen molar-refractivity contribution in [1.29, 1.82) is 0 Å². The van der Waals surface area contributed by atoms with Crippen LogP contribution in [0, 0.1) is 12.3 Å². The van der Waals surface area contributed by atoms with E-state index in [-0.39, 0.29) is 17.4 Å². The summed E-state index contributed by atoms with van der Waals surface area (Å²) in [5, 5.41) is 0. The van der Waals surface area contributed by atoms with Crippen LogP contribution in [0.3, 0.4) is 0 Å². The number of anilines is 1. The number of hydrogen-bond donors (Lipinski definition) is 0. The van der Waals surface area contributed by atoms with Crippen molar-refractivity contribution in [1.82, 2.24) is 24.8 Å². The summed E-state index contributed by atoms with van der Waals surface area (Å²) in [6.45, 7) is 6.58. The van der Waals surface area contributed by atoms with Crippen LogP contribution in [0.25, 0.3) is 0 Å². The van der Waals surface area contributed by atoms with Gasteiger partial charge in [0.25, 0.3) is 0 Å². The lowest BCUT2D eigenvalue weighted by molar-refractivity contribution is -0.143. The van der Waals surface area contributed by atoms with Crippen LogP contribution in [-0.2, 0) is 11.2 Å². The molecule has 2 aliphatic heterocycles.